The summed E-state index contributed by atoms with van der Waals surface area (Å²) in [5.74, 6) is 0.801. The number of ether oxygens (including phenoxy) is 2. The van der Waals surface area contributed by atoms with Crippen molar-refractivity contribution in [2.24, 2.45) is 12.0 Å². The maximum atomic E-state index is 6.06. The van der Waals surface area contributed by atoms with Crippen LogP contribution < -0.4 is 10.6 Å². The standard InChI is InChI=1S/C24H37N5O2.HI/c1-17(13-23-18(2)28-29(5)19(23)3)27-24(25-4)26-15-20-7-6-8-21(14-20)16-31-22-9-11-30-12-10-22;/h6-8,14,17,22H,9-13,15-16H2,1-5H3,(H2,25,26,27);1H. The first-order valence-corrected chi connectivity index (χ1v) is 11.2. The molecule has 3 rings (SSSR count). The van der Waals surface area contributed by atoms with E-state index in [1.807, 2.05) is 11.7 Å². The highest BCUT2D eigenvalue weighted by atomic mass is 127. The molecule has 2 heterocycles. The lowest BCUT2D eigenvalue weighted by atomic mass is 10.1. The molecule has 0 aliphatic carbocycles. The summed E-state index contributed by atoms with van der Waals surface area (Å²) in [7, 11) is 3.80. The Morgan fingerprint density at radius 2 is 2.00 bits per heavy atom. The lowest BCUT2D eigenvalue weighted by Crippen LogP contribution is -2.42. The summed E-state index contributed by atoms with van der Waals surface area (Å²) in [4.78, 5) is 4.39. The van der Waals surface area contributed by atoms with Crippen LogP contribution in [0.4, 0.5) is 0 Å². The van der Waals surface area contributed by atoms with Gasteiger partial charge in [-0.3, -0.25) is 9.67 Å². The van der Waals surface area contributed by atoms with E-state index in [0.29, 0.717) is 19.3 Å². The Morgan fingerprint density at radius 1 is 1.28 bits per heavy atom. The normalized spacial score (nSPS) is 15.8. The van der Waals surface area contributed by atoms with E-state index in [9.17, 15) is 0 Å². The third-order valence-electron chi connectivity index (χ3n) is 5.88. The van der Waals surface area contributed by atoms with Crippen molar-refractivity contribution in [2.45, 2.75) is 65.3 Å². The molecular weight excluding hydrogens is 517 g/mol. The maximum Gasteiger partial charge on any atom is 0.191 e. The number of guanidine groups is 1. The molecular formula is C24H38IN5O2. The van der Waals surface area contributed by atoms with Crippen molar-refractivity contribution in [2.75, 3.05) is 20.3 Å². The van der Waals surface area contributed by atoms with Gasteiger partial charge in [-0.25, -0.2) is 0 Å². The molecule has 1 atom stereocenters. The lowest BCUT2D eigenvalue weighted by Gasteiger charge is -2.22. The lowest BCUT2D eigenvalue weighted by molar-refractivity contribution is -0.0390. The van der Waals surface area contributed by atoms with Gasteiger partial charge in [0.05, 0.1) is 18.4 Å². The topological polar surface area (TPSA) is 72.7 Å². The van der Waals surface area contributed by atoms with E-state index in [2.05, 4.69) is 65.8 Å². The van der Waals surface area contributed by atoms with Crippen LogP contribution in [0.25, 0.3) is 0 Å². The third-order valence-corrected chi connectivity index (χ3v) is 5.88. The molecule has 0 spiro atoms. The first-order chi connectivity index (χ1) is 15.0. The molecule has 1 aliphatic heterocycles. The fourth-order valence-electron chi connectivity index (χ4n) is 3.97. The summed E-state index contributed by atoms with van der Waals surface area (Å²) >= 11 is 0. The fraction of sp³-hybridized carbons (Fsp3) is 0.583. The SMILES string of the molecule is CN=C(NCc1cccc(COC2CCOCC2)c1)NC(C)Cc1c(C)nn(C)c1C.I. The van der Waals surface area contributed by atoms with Crippen LogP contribution >= 0.6 is 24.0 Å². The van der Waals surface area contributed by atoms with Crippen molar-refractivity contribution in [3.05, 3.63) is 52.3 Å². The number of nitrogens with one attached hydrogen (secondary N) is 2. The van der Waals surface area contributed by atoms with Crippen molar-refractivity contribution in [1.29, 1.82) is 0 Å². The van der Waals surface area contributed by atoms with E-state index in [1.165, 1.54) is 22.4 Å². The largest absolute Gasteiger partial charge is 0.381 e. The Bertz CT molecular complexity index is 877. The zero-order valence-electron chi connectivity index (χ0n) is 20.0. The molecule has 0 amide bonds. The molecule has 1 aromatic heterocycles. The average molecular weight is 556 g/mol. The number of aromatic nitrogens is 2. The van der Waals surface area contributed by atoms with Crippen LogP contribution in [0.2, 0.25) is 0 Å². The van der Waals surface area contributed by atoms with Gasteiger partial charge < -0.3 is 20.1 Å². The summed E-state index contributed by atoms with van der Waals surface area (Å²) < 4.78 is 13.4. The van der Waals surface area contributed by atoms with Crippen molar-refractivity contribution in [3.63, 3.8) is 0 Å². The number of halogens is 1. The fourth-order valence-corrected chi connectivity index (χ4v) is 3.97. The first kappa shape index (κ1) is 26.6. The van der Waals surface area contributed by atoms with Gasteiger partial charge in [-0.15, -0.1) is 24.0 Å². The first-order valence-electron chi connectivity index (χ1n) is 11.2. The monoisotopic (exact) mass is 555 g/mol. The average Bonchev–Trinajstić information content (AvgIpc) is 3.02. The van der Waals surface area contributed by atoms with E-state index in [1.54, 1.807) is 7.05 Å². The van der Waals surface area contributed by atoms with Crippen LogP contribution in [0.1, 0.15) is 47.8 Å². The molecule has 2 aromatic rings. The van der Waals surface area contributed by atoms with Gasteiger partial charge in [0.25, 0.3) is 0 Å². The summed E-state index contributed by atoms with van der Waals surface area (Å²) in [6, 6.07) is 8.78. The second kappa shape index (κ2) is 13.2. The Hall–Kier alpha value is -1.65. The highest BCUT2D eigenvalue weighted by molar-refractivity contribution is 14.0. The molecule has 178 valence electrons. The second-order valence-corrected chi connectivity index (χ2v) is 8.39. The molecule has 1 aromatic carbocycles. The van der Waals surface area contributed by atoms with Crippen LogP contribution in [0.15, 0.2) is 29.3 Å². The van der Waals surface area contributed by atoms with Crippen LogP contribution in [0.3, 0.4) is 0 Å². The minimum Gasteiger partial charge on any atom is -0.381 e. The Kier molecular flexibility index (Phi) is 10.9. The van der Waals surface area contributed by atoms with E-state index in [-0.39, 0.29) is 30.0 Å². The van der Waals surface area contributed by atoms with Crippen LogP contribution in [-0.4, -0.2) is 48.1 Å². The second-order valence-electron chi connectivity index (χ2n) is 8.39. The van der Waals surface area contributed by atoms with Crippen LogP contribution in [-0.2, 0) is 36.1 Å². The van der Waals surface area contributed by atoms with Crippen molar-refractivity contribution in [1.82, 2.24) is 20.4 Å². The molecule has 0 radical (unpaired) electrons. The number of nitrogens with zero attached hydrogens (tertiary/aromatic N) is 3. The van der Waals surface area contributed by atoms with Crippen molar-refractivity contribution in [3.8, 4) is 0 Å². The minimum absolute atomic E-state index is 0. The maximum absolute atomic E-state index is 6.06. The van der Waals surface area contributed by atoms with Gasteiger partial charge in [-0.2, -0.15) is 5.10 Å². The van der Waals surface area contributed by atoms with Crippen molar-refractivity contribution < 1.29 is 9.47 Å². The van der Waals surface area contributed by atoms with Gasteiger partial charge in [0.15, 0.2) is 5.96 Å². The molecule has 0 bridgehead atoms. The van der Waals surface area contributed by atoms with Gasteiger partial charge in [0.1, 0.15) is 0 Å². The summed E-state index contributed by atoms with van der Waals surface area (Å²) in [5, 5.41) is 11.4. The van der Waals surface area contributed by atoms with Gasteiger partial charge in [-0.05, 0) is 56.7 Å². The summed E-state index contributed by atoms with van der Waals surface area (Å²) in [6.45, 7) is 9.33. The molecule has 1 fully saturated rings. The molecule has 0 saturated carbocycles. The predicted molar refractivity (Wildman–Crippen MR) is 140 cm³/mol. The zero-order valence-corrected chi connectivity index (χ0v) is 22.3. The van der Waals surface area contributed by atoms with E-state index >= 15 is 0 Å². The van der Waals surface area contributed by atoms with E-state index in [0.717, 1.165) is 44.1 Å². The number of hydrogen-bond acceptors (Lipinski definition) is 4. The Morgan fingerprint density at radius 3 is 2.66 bits per heavy atom. The molecule has 2 N–H and O–H groups in total. The molecule has 8 heteroatoms. The zero-order chi connectivity index (χ0) is 22.2. The van der Waals surface area contributed by atoms with Gasteiger partial charge in [-0.1, -0.05) is 24.3 Å². The summed E-state index contributed by atoms with van der Waals surface area (Å²) in [6.07, 6.45) is 3.19. The molecule has 1 unspecified atom stereocenters. The number of rotatable bonds is 8. The highest BCUT2D eigenvalue weighted by Gasteiger charge is 2.15. The van der Waals surface area contributed by atoms with Gasteiger partial charge in [0, 0.05) is 45.6 Å². The van der Waals surface area contributed by atoms with Gasteiger partial charge in [0.2, 0.25) is 0 Å². The Labute approximate surface area is 209 Å². The molecule has 1 aliphatic rings. The van der Waals surface area contributed by atoms with Crippen molar-refractivity contribution >= 4 is 29.9 Å². The third kappa shape index (κ3) is 7.74. The smallest absolute Gasteiger partial charge is 0.191 e. The molecule has 32 heavy (non-hydrogen) atoms. The Balaban J connectivity index is 0.00000363. The number of hydrogen-bond donors (Lipinski definition) is 2. The van der Waals surface area contributed by atoms with Gasteiger partial charge >= 0.3 is 0 Å². The molecule has 1 saturated heterocycles. The molecule has 7 nitrogen and oxygen atoms in total. The number of aliphatic imine (C=N–C) groups is 1. The number of benzene rings is 1. The highest BCUT2D eigenvalue weighted by Crippen LogP contribution is 2.15. The van der Waals surface area contributed by atoms with Crippen LogP contribution in [0, 0.1) is 13.8 Å². The quantitative estimate of drug-likeness (QED) is 0.296. The van der Waals surface area contributed by atoms with E-state index in [4.69, 9.17) is 9.47 Å². The van der Waals surface area contributed by atoms with Crippen LogP contribution in [0.5, 0.6) is 0 Å². The summed E-state index contributed by atoms with van der Waals surface area (Å²) in [5.41, 5.74) is 6.02. The van der Waals surface area contributed by atoms with E-state index < -0.39 is 0 Å². The predicted octanol–water partition coefficient (Wildman–Crippen LogP) is 3.65. The minimum atomic E-state index is 0. The number of aryl methyl sites for hydroxylation is 2.